The van der Waals surface area contributed by atoms with Gasteiger partial charge in [0.05, 0.1) is 17.7 Å². The lowest BCUT2D eigenvalue weighted by Crippen LogP contribution is -2.40. The number of aryl methyl sites for hydroxylation is 1. The van der Waals surface area contributed by atoms with Gasteiger partial charge in [-0.1, -0.05) is 0 Å². The number of benzene rings is 1. The quantitative estimate of drug-likeness (QED) is 0.167. The van der Waals surface area contributed by atoms with Gasteiger partial charge in [0, 0.05) is 56.3 Å². The Bertz CT molecular complexity index is 800. The Balaban J connectivity index is 1.84. The summed E-state index contributed by atoms with van der Waals surface area (Å²) in [6.45, 7) is 5.72. The van der Waals surface area contributed by atoms with E-state index in [1.54, 1.807) is 43.2 Å². The third kappa shape index (κ3) is 6.23. The van der Waals surface area contributed by atoms with Crippen LogP contribution in [0.5, 0.6) is 0 Å². The number of hydrogen-bond acceptors (Lipinski definition) is 6. The van der Waals surface area contributed by atoms with Gasteiger partial charge in [-0.05, 0) is 26.0 Å². The van der Waals surface area contributed by atoms with E-state index < -0.39 is 10.5 Å². The number of anilines is 1. The van der Waals surface area contributed by atoms with Crippen molar-refractivity contribution in [3.8, 4) is 0 Å². The van der Waals surface area contributed by atoms with Crippen LogP contribution in [0.15, 0.2) is 41.7 Å². The molecule has 1 atom stereocenters. The summed E-state index contributed by atoms with van der Waals surface area (Å²) < 4.78 is 1.64. The number of aromatic nitrogens is 2. The van der Waals surface area contributed by atoms with Crippen LogP contribution in [0.25, 0.3) is 0 Å². The molecular weight excluding hydrogens is 362 g/mol. The summed E-state index contributed by atoms with van der Waals surface area (Å²) >= 11 is 0. The molecule has 0 saturated carbocycles. The summed E-state index contributed by atoms with van der Waals surface area (Å²) in [6.07, 6.45) is 3.40. The summed E-state index contributed by atoms with van der Waals surface area (Å²) in [5.41, 5.74) is 0.447. The Morgan fingerprint density at radius 3 is 2.61 bits per heavy atom. The lowest BCUT2D eigenvalue weighted by molar-refractivity contribution is -0.384. The number of aliphatic imine (C=N–C) groups is 1. The van der Waals surface area contributed by atoms with Crippen LogP contribution in [0.2, 0.25) is 0 Å². The molecule has 1 unspecified atom stereocenters. The second-order valence-corrected chi connectivity index (χ2v) is 6.53. The first kappa shape index (κ1) is 21.2. The summed E-state index contributed by atoms with van der Waals surface area (Å²) in [4.78, 5) is 14.7. The molecule has 1 heterocycles. The van der Waals surface area contributed by atoms with E-state index in [9.17, 15) is 15.2 Å². The largest absolute Gasteiger partial charge is 0.383 e. The van der Waals surface area contributed by atoms with Gasteiger partial charge in [0.15, 0.2) is 5.96 Å². The molecule has 2 rings (SSSR count). The average Bonchev–Trinajstić information content (AvgIpc) is 3.11. The van der Waals surface area contributed by atoms with E-state index in [0.717, 1.165) is 5.69 Å². The highest BCUT2D eigenvalue weighted by molar-refractivity contribution is 5.79. The van der Waals surface area contributed by atoms with E-state index >= 15 is 0 Å². The molecule has 0 aliphatic heterocycles. The predicted molar refractivity (Wildman–Crippen MR) is 108 cm³/mol. The van der Waals surface area contributed by atoms with Crippen molar-refractivity contribution in [3.63, 3.8) is 0 Å². The minimum atomic E-state index is -1.12. The number of non-ortho nitro benzene ring substituents is 1. The first-order valence-electron chi connectivity index (χ1n) is 9.04. The van der Waals surface area contributed by atoms with Gasteiger partial charge >= 0.3 is 0 Å². The Hall–Kier alpha value is -3.14. The van der Waals surface area contributed by atoms with E-state index in [1.807, 2.05) is 6.92 Å². The van der Waals surface area contributed by atoms with E-state index in [2.05, 4.69) is 26.0 Å². The highest BCUT2D eigenvalue weighted by atomic mass is 16.6. The molecular formula is C18H27N7O3. The number of aliphatic hydroxyl groups is 1. The van der Waals surface area contributed by atoms with Gasteiger partial charge in [-0.15, -0.1) is 0 Å². The molecule has 152 valence electrons. The van der Waals surface area contributed by atoms with Gasteiger partial charge in [-0.2, -0.15) is 5.10 Å². The van der Waals surface area contributed by atoms with Crippen LogP contribution in [0.3, 0.4) is 0 Å². The third-order valence-electron chi connectivity index (χ3n) is 4.04. The summed E-state index contributed by atoms with van der Waals surface area (Å²) in [6, 6.07) is 6.26. The normalized spacial score (nSPS) is 13.6. The van der Waals surface area contributed by atoms with Gasteiger partial charge in [-0.25, -0.2) is 4.99 Å². The molecule has 0 fully saturated rings. The van der Waals surface area contributed by atoms with Crippen molar-refractivity contribution >= 4 is 17.3 Å². The van der Waals surface area contributed by atoms with Crippen molar-refractivity contribution in [3.05, 3.63) is 52.3 Å². The molecule has 1 aromatic heterocycles. The molecule has 0 saturated heterocycles. The van der Waals surface area contributed by atoms with E-state index in [4.69, 9.17) is 0 Å². The van der Waals surface area contributed by atoms with Gasteiger partial charge in [-0.3, -0.25) is 14.8 Å². The molecule has 0 amide bonds. The number of nitrogens with zero attached hydrogens (tertiary/aromatic N) is 4. The van der Waals surface area contributed by atoms with Crippen molar-refractivity contribution in [1.82, 2.24) is 20.4 Å². The highest BCUT2D eigenvalue weighted by Crippen LogP contribution is 2.19. The van der Waals surface area contributed by atoms with Crippen LogP contribution < -0.4 is 16.0 Å². The van der Waals surface area contributed by atoms with Gasteiger partial charge in [0.25, 0.3) is 5.69 Å². The maximum Gasteiger partial charge on any atom is 0.269 e. The number of rotatable bonds is 9. The van der Waals surface area contributed by atoms with E-state index in [-0.39, 0.29) is 12.2 Å². The Morgan fingerprint density at radius 1 is 1.32 bits per heavy atom. The summed E-state index contributed by atoms with van der Waals surface area (Å²) in [5, 5.41) is 34.9. The fourth-order valence-corrected chi connectivity index (χ4v) is 2.45. The molecule has 0 spiro atoms. The SMILES string of the molecule is CCNC(=NCC(C)(O)c1cnn(C)c1)NCCNc1ccc([N+](=O)[O-])cc1. The first-order chi connectivity index (χ1) is 13.3. The second kappa shape index (κ2) is 9.70. The maximum atomic E-state index is 10.7. The molecule has 28 heavy (non-hydrogen) atoms. The van der Waals surface area contributed by atoms with Gasteiger partial charge in [0.2, 0.25) is 0 Å². The Morgan fingerprint density at radius 2 is 2.04 bits per heavy atom. The fraction of sp³-hybridized carbons (Fsp3) is 0.444. The zero-order chi connectivity index (χ0) is 20.6. The fourth-order valence-electron chi connectivity index (χ4n) is 2.45. The number of guanidine groups is 1. The lowest BCUT2D eigenvalue weighted by Gasteiger charge is -2.20. The molecule has 2 aromatic rings. The minimum absolute atomic E-state index is 0.0610. The Labute approximate surface area is 163 Å². The van der Waals surface area contributed by atoms with Crippen LogP contribution in [0.4, 0.5) is 11.4 Å². The molecule has 0 bridgehead atoms. The molecule has 10 nitrogen and oxygen atoms in total. The second-order valence-electron chi connectivity index (χ2n) is 6.53. The van der Waals surface area contributed by atoms with Crippen molar-refractivity contribution < 1.29 is 10.0 Å². The van der Waals surface area contributed by atoms with Crippen molar-refractivity contribution in [2.24, 2.45) is 12.0 Å². The topological polar surface area (TPSA) is 130 Å². The number of nitro benzene ring substituents is 1. The van der Waals surface area contributed by atoms with Crippen molar-refractivity contribution in [2.75, 3.05) is 31.5 Å². The number of nitrogens with one attached hydrogen (secondary N) is 3. The van der Waals surface area contributed by atoms with Crippen LogP contribution >= 0.6 is 0 Å². The van der Waals surface area contributed by atoms with E-state index in [0.29, 0.717) is 31.2 Å². The molecule has 10 heteroatoms. The number of hydrogen-bond donors (Lipinski definition) is 4. The van der Waals surface area contributed by atoms with Crippen LogP contribution in [-0.2, 0) is 12.6 Å². The van der Waals surface area contributed by atoms with Crippen LogP contribution in [0, 0.1) is 10.1 Å². The highest BCUT2D eigenvalue weighted by Gasteiger charge is 2.24. The lowest BCUT2D eigenvalue weighted by atomic mass is 10.0. The van der Waals surface area contributed by atoms with Crippen LogP contribution in [0.1, 0.15) is 19.4 Å². The van der Waals surface area contributed by atoms with Gasteiger partial charge in [0.1, 0.15) is 5.60 Å². The molecule has 0 radical (unpaired) electrons. The smallest absolute Gasteiger partial charge is 0.269 e. The predicted octanol–water partition coefficient (Wildman–Crippen LogP) is 1.20. The minimum Gasteiger partial charge on any atom is -0.383 e. The summed E-state index contributed by atoms with van der Waals surface area (Å²) in [5.74, 6) is 0.595. The van der Waals surface area contributed by atoms with Crippen molar-refractivity contribution in [1.29, 1.82) is 0 Å². The molecule has 0 aliphatic rings. The molecule has 0 aliphatic carbocycles. The van der Waals surface area contributed by atoms with Gasteiger partial charge < -0.3 is 21.1 Å². The number of nitro groups is 1. The Kier molecular flexibility index (Phi) is 7.33. The zero-order valence-corrected chi connectivity index (χ0v) is 16.3. The van der Waals surface area contributed by atoms with Crippen molar-refractivity contribution in [2.45, 2.75) is 19.4 Å². The van der Waals surface area contributed by atoms with E-state index in [1.165, 1.54) is 12.1 Å². The average molecular weight is 389 g/mol. The standard InChI is InChI=1S/C18H27N7O3/c1-4-19-17(22-13-18(2,26)14-11-23-24(3)12-14)21-10-9-20-15-5-7-16(8-6-15)25(27)28/h5-8,11-12,20,26H,4,9-10,13H2,1-3H3,(H2,19,21,22). The molecule has 1 aromatic carbocycles. The third-order valence-corrected chi connectivity index (χ3v) is 4.04. The molecule has 4 N–H and O–H groups in total. The first-order valence-corrected chi connectivity index (χ1v) is 9.04. The van der Waals surface area contributed by atoms with Crippen LogP contribution in [-0.4, -0.2) is 51.9 Å². The monoisotopic (exact) mass is 389 g/mol. The maximum absolute atomic E-state index is 10.7. The zero-order valence-electron chi connectivity index (χ0n) is 16.3. The summed E-state index contributed by atoms with van der Waals surface area (Å²) in [7, 11) is 1.80.